The second-order valence-electron chi connectivity index (χ2n) is 6.48. The summed E-state index contributed by atoms with van der Waals surface area (Å²) in [6, 6.07) is 0. The Bertz CT molecular complexity index is 157. The molecule has 0 aromatic carbocycles. The normalized spacial score (nSPS) is 17.8. The lowest BCUT2D eigenvalue weighted by Gasteiger charge is -2.32. The quantitative estimate of drug-likeness (QED) is 0.493. The molecule has 98 valence electrons. The Morgan fingerprint density at radius 2 is 1.38 bits per heavy atom. The molecule has 0 heterocycles. The zero-order valence-corrected chi connectivity index (χ0v) is 12.7. The molecule has 0 saturated carbocycles. The van der Waals surface area contributed by atoms with Gasteiger partial charge in [-0.05, 0) is 36.0 Å². The van der Waals surface area contributed by atoms with E-state index in [4.69, 9.17) is 0 Å². The minimum Gasteiger partial charge on any atom is -0.0651 e. The van der Waals surface area contributed by atoms with E-state index >= 15 is 0 Å². The van der Waals surface area contributed by atoms with E-state index in [0.717, 1.165) is 29.6 Å². The molecule has 0 aliphatic carbocycles. The Labute approximate surface area is 104 Å². The van der Waals surface area contributed by atoms with Crippen molar-refractivity contribution in [3.8, 4) is 0 Å². The fourth-order valence-corrected chi connectivity index (χ4v) is 2.62. The largest absolute Gasteiger partial charge is 0.0651 e. The van der Waals surface area contributed by atoms with E-state index in [9.17, 15) is 0 Å². The van der Waals surface area contributed by atoms with Crippen molar-refractivity contribution in [1.29, 1.82) is 0 Å². The minimum atomic E-state index is 0.832. The van der Waals surface area contributed by atoms with Crippen LogP contribution in [0.25, 0.3) is 0 Å². The maximum absolute atomic E-state index is 2.46. The average Bonchev–Trinajstić information content (AvgIpc) is 2.22. The standard InChI is InChI=1S/C16H34/c1-8-14(6)16(15(7)13(4)5)11-9-10-12(2)3/h12-16H,8-11H2,1-7H3. The molecule has 16 heavy (non-hydrogen) atoms. The van der Waals surface area contributed by atoms with E-state index in [-0.39, 0.29) is 0 Å². The van der Waals surface area contributed by atoms with Crippen LogP contribution in [0.2, 0.25) is 0 Å². The summed E-state index contributed by atoms with van der Waals surface area (Å²) in [7, 11) is 0. The summed E-state index contributed by atoms with van der Waals surface area (Å²) in [4.78, 5) is 0. The second kappa shape index (κ2) is 8.14. The molecule has 0 N–H and O–H groups in total. The number of hydrogen-bond donors (Lipinski definition) is 0. The van der Waals surface area contributed by atoms with Crippen molar-refractivity contribution in [3.05, 3.63) is 0 Å². The van der Waals surface area contributed by atoms with Gasteiger partial charge in [-0.1, -0.05) is 67.7 Å². The molecule has 0 aromatic heterocycles. The summed E-state index contributed by atoms with van der Waals surface area (Å²) < 4.78 is 0. The Balaban J connectivity index is 4.21. The molecule has 0 saturated heterocycles. The first kappa shape index (κ1) is 16.0. The zero-order chi connectivity index (χ0) is 12.7. The molecule has 0 nitrogen and oxygen atoms in total. The van der Waals surface area contributed by atoms with Crippen LogP contribution in [-0.4, -0.2) is 0 Å². The van der Waals surface area contributed by atoms with Crippen molar-refractivity contribution in [3.63, 3.8) is 0 Å². The van der Waals surface area contributed by atoms with Gasteiger partial charge < -0.3 is 0 Å². The predicted octanol–water partition coefficient (Wildman–Crippen LogP) is 5.77. The Morgan fingerprint density at radius 3 is 1.75 bits per heavy atom. The highest BCUT2D eigenvalue weighted by molar-refractivity contribution is 4.74. The third kappa shape index (κ3) is 5.92. The van der Waals surface area contributed by atoms with Gasteiger partial charge in [0.1, 0.15) is 0 Å². The van der Waals surface area contributed by atoms with E-state index in [0.29, 0.717) is 0 Å². The van der Waals surface area contributed by atoms with E-state index < -0.39 is 0 Å². The Morgan fingerprint density at radius 1 is 0.812 bits per heavy atom. The third-order valence-corrected chi connectivity index (χ3v) is 4.42. The van der Waals surface area contributed by atoms with Crippen LogP contribution in [0, 0.1) is 29.6 Å². The molecule has 0 heteroatoms. The van der Waals surface area contributed by atoms with Gasteiger partial charge in [0.25, 0.3) is 0 Å². The molecule has 0 amide bonds. The Kier molecular flexibility index (Phi) is 8.14. The molecule has 0 bridgehead atoms. The lowest BCUT2D eigenvalue weighted by Crippen LogP contribution is -2.23. The molecule has 0 spiro atoms. The summed E-state index contributed by atoms with van der Waals surface area (Å²) in [5, 5.41) is 0. The van der Waals surface area contributed by atoms with Crippen molar-refractivity contribution in [2.75, 3.05) is 0 Å². The van der Waals surface area contributed by atoms with Crippen LogP contribution >= 0.6 is 0 Å². The molecule has 0 radical (unpaired) electrons. The van der Waals surface area contributed by atoms with Crippen LogP contribution in [0.3, 0.4) is 0 Å². The topological polar surface area (TPSA) is 0 Å². The SMILES string of the molecule is CCC(C)C(CCCC(C)C)C(C)C(C)C. The predicted molar refractivity (Wildman–Crippen MR) is 75.6 cm³/mol. The molecule has 0 rings (SSSR count). The maximum Gasteiger partial charge on any atom is -0.0360 e. The monoisotopic (exact) mass is 226 g/mol. The second-order valence-corrected chi connectivity index (χ2v) is 6.48. The smallest absolute Gasteiger partial charge is 0.0360 e. The molecule has 3 unspecified atom stereocenters. The highest BCUT2D eigenvalue weighted by Crippen LogP contribution is 2.33. The molecule has 3 atom stereocenters. The van der Waals surface area contributed by atoms with Gasteiger partial charge in [0.05, 0.1) is 0 Å². The van der Waals surface area contributed by atoms with Crippen LogP contribution < -0.4 is 0 Å². The van der Waals surface area contributed by atoms with Gasteiger partial charge in [-0.2, -0.15) is 0 Å². The van der Waals surface area contributed by atoms with Crippen LogP contribution in [0.4, 0.5) is 0 Å². The summed E-state index contributed by atoms with van der Waals surface area (Å²) in [5.74, 6) is 4.40. The lowest BCUT2D eigenvalue weighted by atomic mass is 9.74. The number of hydrogen-bond acceptors (Lipinski definition) is 0. The van der Waals surface area contributed by atoms with Gasteiger partial charge in [-0.15, -0.1) is 0 Å². The average molecular weight is 226 g/mol. The van der Waals surface area contributed by atoms with Crippen molar-refractivity contribution >= 4 is 0 Å². The first-order chi connectivity index (χ1) is 7.40. The van der Waals surface area contributed by atoms with Crippen LogP contribution in [-0.2, 0) is 0 Å². The summed E-state index contributed by atoms with van der Waals surface area (Å²) in [5.41, 5.74) is 0. The first-order valence-corrected chi connectivity index (χ1v) is 7.40. The zero-order valence-electron chi connectivity index (χ0n) is 12.7. The maximum atomic E-state index is 2.46. The molecule has 0 aliphatic heterocycles. The summed E-state index contributed by atoms with van der Waals surface area (Å²) in [6.07, 6.45) is 5.59. The highest BCUT2D eigenvalue weighted by Gasteiger charge is 2.24. The summed E-state index contributed by atoms with van der Waals surface area (Å²) in [6.45, 7) is 16.7. The minimum absolute atomic E-state index is 0.832. The van der Waals surface area contributed by atoms with Gasteiger partial charge in [-0.3, -0.25) is 0 Å². The van der Waals surface area contributed by atoms with E-state index in [1.807, 2.05) is 0 Å². The molecule has 0 aliphatic rings. The van der Waals surface area contributed by atoms with Gasteiger partial charge in [0, 0.05) is 0 Å². The molecule has 0 fully saturated rings. The lowest BCUT2D eigenvalue weighted by molar-refractivity contribution is 0.181. The van der Waals surface area contributed by atoms with Gasteiger partial charge in [0.2, 0.25) is 0 Å². The first-order valence-electron chi connectivity index (χ1n) is 7.40. The van der Waals surface area contributed by atoms with Crippen molar-refractivity contribution in [2.45, 2.75) is 74.1 Å². The summed E-state index contributed by atoms with van der Waals surface area (Å²) >= 11 is 0. The number of rotatable bonds is 8. The van der Waals surface area contributed by atoms with Crippen LogP contribution in [0.1, 0.15) is 74.1 Å². The van der Waals surface area contributed by atoms with Crippen molar-refractivity contribution in [2.24, 2.45) is 29.6 Å². The molecular weight excluding hydrogens is 192 g/mol. The third-order valence-electron chi connectivity index (χ3n) is 4.42. The van der Waals surface area contributed by atoms with E-state index in [1.54, 1.807) is 0 Å². The molecular formula is C16H34. The Hall–Kier alpha value is 0. The van der Waals surface area contributed by atoms with Gasteiger partial charge in [-0.25, -0.2) is 0 Å². The van der Waals surface area contributed by atoms with E-state index in [2.05, 4.69) is 48.5 Å². The van der Waals surface area contributed by atoms with Crippen LogP contribution in [0.15, 0.2) is 0 Å². The van der Waals surface area contributed by atoms with Crippen molar-refractivity contribution in [1.82, 2.24) is 0 Å². The highest BCUT2D eigenvalue weighted by atomic mass is 14.3. The fraction of sp³-hybridized carbons (Fsp3) is 1.00. The fourth-order valence-electron chi connectivity index (χ4n) is 2.62. The van der Waals surface area contributed by atoms with Crippen LogP contribution in [0.5, 0.6) is 0 Å². The van der Waals surface area contributed by atoms with Crippen molar-refractivity contribution < 1.29 is 0 Å². The molecule has 0 aromatic rings. The van der Waals surface area contributed by atoms with Gasteiger partial charge in [0.15, 0.2) is 0 Å². The van der Waals surface area contributed by atoms with Gasteiger partial charge >= 0.3 is 0 Å². The van der Waals surface area contributed by atoms with E-state index in [1.165, 1.54) is 25.7 Å².